The van der Waals surface area contributed by atoms with E-state index in [-0.39, 0.29) is 12.6 Å². The van der Waals surface area contributed by atoms with Gasteiger partial charge in [-0.2, -0.15) is 5.10 Å². The molecule has 7 nitrogen and oxygen atoms in total. The molecule has 2 amide bonds. The summed E-state index contributed by atoms with van der Waals surface area (Å²) in [5.74, 6) is -0.539. The monoisotopic (exact) mass is 296 g/mol. The molecule has 7 heteroatoms. The van der Waals surface area contributed by atoms with Crippen LogP contribution in [0.15, 0.2) is 6.07 Å². The molecule has 0 aliphatic rings. The number of amides is 2. The van der Waals surface area contributed by atoms with E-state index in [0.29, 0.717) is 11.4 Å². The van der Waals surface area contributed by atoms with E-state index in [2.05, 4.69) is 5.10 Å². The van der Waals surface area contributed by atoms with E-state index < -0.39 is 17.6 Å². The molecule has 0 spiro atoms. The van der Waals surface area contributed by atoms with Crippen molar-refractivity contribution in [3.8, 4) is 0 Å². The molecule has 1 rings (SSSR count). The Morgan fingerprint density at radius 2 is 2.00 bits per heavy atom. The van der Waals surface area contributed by atoms with Gasteiger partial charge in [0.25, 0.3) is 5.91 Å². The zero-order valence-electron chi connectivity index (χ0n) is 13.5. The Labute approximate surface area is 125 Å². The van der Waals surface area contributed by atoms with E-state index >= 15 is 0 Å². The third-order valence-electron chi connectivity index (χ3n) is 2.63. The standard InChI is InChI=1S/C14H24N4O3/c1-9(2)18-11(12(15)19)7-10(16-18)8-17(6)13(20)21-14(3,4)5/h7,9H,8H2,1-6H3,(H2,15,19). The Morgan fingerprint density at radius 3 is 2.38 bits per heavy atom. The Balaban J connectivity index is 2.86. The quantitative estimate of drug-likeness (QED) is 0.919. The molecule has 21 heavy (non-hydrogen) atoms. The third-order valence-corrected chi connectivity index (χ3v) is 2.63. The Hall–Kier alpha value is -2.05. The first kappa shape index (κ1) is 17.0. The van der Waals surface area contributed by atoms with Crippen LogP contribution in [-0.4, -0.2) is 39.3 Å². The highest BCUT2D eigenvalue weighted by Gasteiger charge is 2.21. The van der Waals surface area contributed by atoms with Crippen molar-refractivity contribution in [1.29, 1.82) is 0 Å². The van der Waals surface area contributed by atoms with Crippen molar-refractivity contribution in [2.24, 2.45) is 5.73 Å². The lowest BCUT2D eigenvalue weighted by atomic mass is 10.2. The zero-order chi connectivity index (χ0) is 16.4. The summed E-state index contributed by atoms with van der Waals surface area (Å²) in [4.78, 5) is 24.7. The average molecular weight is 296 g/mol. The number of primary amides is 1. The summed E-state index contributed by atoms with van der Waals surface area (Å²) in [6.45, 7) is 9.46. The second-order valence-electron chi connectivity index (χ2n) is 6.26. The number of ether oxygens (including phenoxy) is 1. The van der Waals surface area contributed by atoms with Crippen molar-refractivity contribution in [2.45, 2.75) is 52.8 Å². The first-order valence-corrected chi connectivity index (χ1v) is 6.83. The highest BCUT2D eigenvalue weighted by molar-refractivity contribution is 5.91. The molecule has 0 aliphatic carbocycles. The average Bonchev–Trinajstić information content (AvgIpc) is 2.70. The molecule has 1 aromatic heterocycles. The fourth-order valence-electron chi connectivity index (χ4n) is 1.75. The van der Waals surface area contributed by atoms with Gasteiger partial charge in [0, 0.05) is 13.1 Å². The molecular weight excluding hydrogens is 272 g/mol. The van der Waals surface area contributed by atoms with Gasteiger partial charge in [0.2, 0.25) is 0 Å². The molecule has 0 saturated carbocycles. The maximum Gasteiger partial charge on any atom is 0.410 e. The number of aromatic nitrogens is 2. The van der Waals surface area contributed by atoms with Gasteiger partial charge >= 0.3 is 6.09 Å². The number of rotatable bonds is 4. The summed E-state index contributed by atoms with van der Waals surface area (Å²) >= 11 is 0. The van der Waals surface area contributed by atoms with Crippen molar-refractivity contribution in [3.05, 3.63) is 17.5 Å². The molecule has 0 radical (unpaired) electrons. The van der Waals surface area contributed by atoms with Crippen LogP contribution in [0.2, 0.25) is 0 Å². The third kappa shape index (κ3) is 4.77. The van der Waals surface area contributed by atoms with Crippen molar-refractivity contribution in [1.82, 2.24) is 14.7 Å². The molecular formula is C14H24N4O3. The summed E-state index contributed by atoms with van der Waals surface area (Å²) in [6, 6.07) is 1.61. The van der Waals surface area contributed by atoms with E-state index in [1.165, 1.54) is 4.90 Å². The van der Waals surface area contributed by atoms with Gasteiger partial charge in [0.1, 0.15) is 11.3 Å². The second kappa shape index (κ2) is 6.15. The summed E-state index contributed by atoms with van der Waals surface area (Å²) in [7, 11) is 1.62. The number of hydrogen-bond acceptors (Lipinski definition) is 4. The van der Waals surface area contributed by atoms with Crippen LogP contribution in [0, 0.1) is 0 Å². The Kier molecular flexibility index (Phi) is 4.98. The Bertz CT molecular complexity index is 529. The predicted molar refractivity (Wildman–Crippen MR) is 78.8 cm³/mol. The molecule has 2 N–H and O–H groups in total. The number of carbonyl (C=O) groups is 2. The van der Waals surface area contributed by atoms with Crippen LogP contribution < -0.4 is 5.73 Å². The fraction of sp³-hybridized carbons (Fsp3) is 0.643. The highest BCUT2D eigenvalue weighted by atomic mass is 16.6. The van der Waals surface area contributed by atoms with E-state index in [4.69, 9.17) is 10.5 Å². The van der Waals surface area contributed by atoms with Gasteiger partial charge in [0.15, 0.2) is 0 Å². The molecule has 0 bridgehead atoms. The van der Waals surface area contributed by atoms with Crippen molar-refractivity contribution in [2.75, 3.05) is 7.05 Å². The molecule has 0 unspecified atom stereocenters. The summed E-state index contributed by atoms with van der Waals surface area (Å²) in [5.41, 5.74) is 5.70. The topological polar surface area (TPSA) is 90.4 Å². The molecule has 1 heterocycles. The minimum Gasteiger partial charge on any atom is -0.444 e. The van der Waals surface area contributed by atoms with Gasteiger partial charge in [-0.3, -0.25) is 9.48 Å². The van der Waals surface area contributed by atoms with E-state index in [1.54, 1.807) is 38.6 Å². The number of nitrogens with zero attached hydrogens (tertiary/aromatic N) is 3. The lowest BCUT2D eigenvalue weighted by Crippen LogP contribution is -2.33. The van der Waals surface area contributed by atoms with Gasteiger partial charge in [0.05, 0.1) is 12.2 Å². The van der Waals surface area contributed by atoms with Crippen LogP contribution in [0.5, 0.6) is 0 Å². The first-order valence-electron chi connectivity index (χ1n) is 6.83. The van der Waals surface area contributed by atoms with Crippen LogP contribution in [0.1, 0.15) is 56.8 Å². The molecule has 0 aliphatic heterocycles. The minimum atomic E-state index is -0.555. The maximum atomic E-state index is 11.9. The normalized spacial score (nSPS) is 11.6. The predicted octanol–water partition coefficient (Wildman–Crippen LogP) is 1.93. The molecule has 0 aromatic carbocycles. The highest BCUT2D eigenvalue weighted by Crippen LogP contribution is 2.14. The second-order valence-corrected chi connectivity index (χ2v) is 6.26. The van der Waals surface area contributed by atoms with Crippen molar-refractivity contribution in [3.63, 3.8) is 0 Å². The smallest absolute Gasteiger partial charge is 0.410 e. The van der Waals surface area contributed by atoms with Gasteiger partial charge in [-0.05, 0) is 40.7 Å². The van der Waals surface area contributed by atoms with Gasteiger partial charge < -0.3 is 15.4 Å². The van der Waals surface area contributed by atoms with Crippen LogP contribution in [0.25, 0.3) is 0 Å². The maximum absolute atomic E-state index is 11.9. The molecule has 0 atom stereocenters. The SMILES string of the molecule is CC(C)n1nc(CN(C)C(=O)OC(C)(C)C)cc1C(N)=O. The summed E-state index contributed by atoms with van der Waals surface area (Å²) < 4.78 is 6.82. The van der Waals surface area contributed by atoms with E-state index in [1.807, 2.05) is 13.8 Å². The van der Waals surface area contributed by atoms with Gasteiger partial charge in [-0.1, -0.05) is 0 Å². The van der Waals surface area contributed by atoms with Gasteiger partial charge in [-0.25, -0.2) is 4.79 Å². The molecule has 0 saturated heterocycles. The lowest BCUT2D eigenvalue weighted by molar-refractivity contribution is 0.0282. The van der Waals surface area contributed by atoms with E-state index in [9.17, 15) is 9.59 Å². The van der Waals surface area contributed by atoms with E-state index in [0.717, 1.165) is 0 Å². The zero-order valence-corrected chi connectivity index (χ0v) is 13.5. The van der Waals surface area contributed by atoms with Gasteiger partial charge in [-0.15, -0.1) is 0 Å². The lowest BCUT2D eigenvalue weighted by Gasteiger charge is -2.24. The minimum absolute atomic E-state index is 0.00748. The van der Waals surface area contributed by atoms with Crippen molar-refractivity contribution >= 4 is 12.0 Å². The molecule has 0 fully saturated rings. The fourth-order valence-corrected chi connectivity index (χ4v) is 1.75. The number of nitrogens with two attached hydrogens (primary N) is 1. The van der Waals surface area contributed by atoms with Crippen LogP contribution in [-0.2, 0) is 11.3 Å². The molecule has 118 valence electrons. The van der Waals surface area contributed by atoms with Crippen LogP contribution >= 0.6 is 0 Å². The summed E-state index contributed by atoms with van der Waals surface area (Å²) in [5, 5.41) is 4.32. The largest absolute Gasteiger partial charge is 0.444 e. The number of carbonyl (C=O) groups excluding carboxylic acids is 2. The Morgan fingerprint density at radius 1 is 1.43 bits per heavy atom. The summed E-state index contributed by atoms with van der Waals surface area (Å²) in [6.07, 6.45) is -0.442. The first-order chi connectivity index (χ1) is 9.51. The number of hydrogen-bond donors (Lipinski definition) is 1. The van der Waals surface area contributed by atoms with Crippen LogP contribution in [0.3, 0.4) is 0 Å². The van der Waals surface area contributed by atoms with Crippen molar-refractivity contribution < 1.29 is 14.3 Å². The van der Waals surface area contributed by atoms with Crippen LogP contribution in [0.4, 0.5) is 4.79 Å². The molecule has 1 aromatic rings.